The SMILES string of the molecule is Cc1cccc2cc(C(=O)Nc3c(F)cccc3F)oc12. The summed E-state index contributed by atoms with van der Waals surface area (Å²) in [6.45, 7) is 1.85. The van der Waals surface area contributed by atoms with Crippen molar-refractivity contribution in [2.45, 2.75) is 6.92 Å². The quantitative estimate of drug-likeness (QED) is 0.764. The maximum Gasteiger partial charge on any atom is 0.291 e. The first-order valence-corrected chi connectivity index (χ1v) is 6.31. The first-order chi connectivity index (χ1) is 10.1. The molecule has 0 aliphatic carbocycles. The average molecular weight is 287 g/mol. The lowest BCUT2D eigenvalue weighted by atomic mass is 10.2. The van der Waals surface area contributed by atoms with Crippen molar-refractivity contribution in [2.75, 3.05) is 5.32 Å². The van der Waals surface area contributed by atoms with Crippen molar-refractivity contribution in [1.29, 1.82) is 0 Å². The van der Waals surface area contributed by atoms with Gasteiger partial charge in [-0.25, -0.2) is 8.78 Å². The van der Waals surface area contributed by atoms with E-state index in [2.05, 4.69) is 5.32 Å². The number of aryl methyl sites for hydroxylation is 1. The molecule has 0 saturated heterocycles. The Morgan fingerprint density at radius 3 is 2.43 bits per heavy atom. The first kappa shape index (κ1) is 13.3. The standard InChI is InChI=1S/C16H11F2NO2/c1-9-4-2-5-10-8-13(21-15(9)10)16(20)19-14-11(17)6-3-7-12(14)18/h2-8H,1H3,(H,19,20). The van der Waals surface area contributed by atoms with E-state index >= 15 is 0 Å². The number of rotatable bonds is 2. The third-order valence-electron chi connectivity index (χ3n) is 3.17. The van der Waals surface area contributed by atoms with Gasteiger partial charge in [-0.1, -0.05) is 24.3 Å². The number of nitrogens with one attached hydrogen (secondary N) is 1. The third kappa shape index (κ3) is 2.38. The lowest BCUT2D eigenvalue weighted by Crippen LogP contribution is -2.13. The van der Waals surface area contributed by atoms with Crippen LogP contribution in [0.4, 0.5) is 14.5 Å². The van der Waals surface area contributed by atoms with Crippen LogP contribution in [0.25, 0.3) is 11.0 Å². The Morgan fingerprint density at radius 2 is 1.76 bits per heavy atom. The van der Waals surface area contributed by atoms with Gasteiger partial charge in [0.15, 0.2) is 5.76 Å². The van der Waals surface area contributed by atoms with Gasteiger partial charge in [0.1, 0.15) is 22.9 Å². The fraction of sp³-hybridized carbons (Fsp3) is 0.0625. The summed E-state index contributed by atoms with van der Waals surface area (Å²) in [5, 5.41) is 2.95. The maximum absolute atomic E-state index is 13.5. The van der Waals surface area contributed by atoms with Gasteiger partial charge in [-0.2, -0.15) is 0 Å². The fourth-order valence-corrected chi connectivity index (χ4v) is 2.11. The summed E-state index contributed by atoms with van der Waals surface area (Å²) in [6, 6.07) is 10.4. The number of benzene rings is 2. The molecule has 1 amide bonds. The van der Waals surface area contributed by atoms with E-state index in [1.807, 2.05) is 19.1 Å². The van der Waals surface area contributed by atoms with Crippen molar-refractivity contribution in [2.24, 2.45) is 0 Å². The second-order valence-corrected chi connectivity index (χ2v) is 4.65. The summed E-state index contributed by atoms with van der Waals surface area (Å²) in [7, 11) is 0. The predicted octanol–water partition coefficient (Wildman–Crippen LogP) is 4.27. The summed E-state index contributed by atoms with van der Waals surface area (Å²) >= 11 is 0. The molecule has 0 aliphatic heterocycles. The van der Waals surface area contributed by atoms with Gasteiger partial charge in [0.2, 0.25) is 0 Å². The molecule has 3 rings (SSSR count). The molecule has 5 heteroatoms. The minimum atomic E-state index is -0.837. The largest absolute Gasteiger partial charge is 0.451 e. The highest BCUT2D eigenvalue weighted by Crippen LogP contribution is 2.24. The first-order valence-electron chi connectivity index (χ1n) is 6.31. The molecule has 3 nitrogen and oxygen atoms in total. The van der Waals surface area contributed by atoms with Crippen LogP contribution < -0.4 is 5.32 Å². The normalized spacial score (nSPS) is 10.8. The van der Waals surface area contributed by atoms with Crippen LogP contribution >= 0.6 is 0 Å². The summed E-state index contributed by atoms with van der Waals surface area (Å²) in [6.07, 6.45) is 0. The number of carbonyl (C=O) groups excluding carboxylic acids is 1. The number of furan rings is 1. The van der Waals surface area contributed by atoms with Gasteiger partial charge in [0, 0.05) is 5.39 Å². The van der Waals surface area contributed by atoms with Crippen LogP contribution in [-0.4, -0.2) is 5.91 Å². The van der Waals surface area contributed by atoms with Crippen LogP contribution in [0, 0.1) is 18.6 Å². The van der Waals surface area contributed by atoms with E-state index in [0.29, 0.717) is 5.58 Å². The number of para-hydroxylation sites is 2. The molecule has 0 unspecified atom stereocenters. The topological polar surface area (TPSA) is 42.2 Å². The number of carbonyl (C=O) groups is 1. The van der Waals surface area contributed by atoms with Gasteiger partial charge in [0.05, 0.1) is 0 Å². The van der Waals surface area contributed by atoms with Gasteiger partial charge in [-0.3, -0.25) is 4.79 Å². The van der Waals surface area contributed by atoms with Crippen molar-refractivity contribution < 1.29 is 18.0 Å². The van der Waals surface area contributed by atoms with E-state index in [4.69, 9.17) is 4.42 Å². The Morgan fingerprint density at radius 1 is 1.10 bits per heavy atom. The Bertz CT molecular complexity index is 819. The van der Waals surface area contributed by atoms with Crippen molar-refractivity contribution in [3.05, 3.63) is 65.4 Å². The van der Waals surface area contributed by atoms with Gasteiger partial charge in [-0.05, 0) is 30.7 Å². The molecule has 0 radical (unpaired) electrons. The molecule has 0 fully saturated rings. The Balaban J connectivity index is 1.96. The number of fused-ring (bicyclic) bond motifs is 1. The van der Waals surface area contributed by atoms with E-state index in [9.17, 15) is 13.6 Å². The Kier molecular flexibility index (Phi) is 3.17. The van der Waals surface area contributed by atoms with Crippen LogP contribution in [0.2, 0.25) is 0 Å². The highest BCUT2D eigenvalue weighted by atomic mass is 19.1. The molecule has 0 spiro atoms. The molecular weight excluding hydrogens is 276 g/mol. The number of hydrogen-bond donors (Lipinski definition) is 1. The number of halogens is 2. The monoisotopic (exact) mass is 287 g/mol. The molecule has 0 bridgehead atoms. The highest BCUT2D eigenvalue weighted by Gasteiger charge is 2.17. The van der Waals surface area contributed by atoms with Crippen LogP contribution in [0.5, 0.6) is 0 Å². The minimum absolute atomic E-state index is 0.00181. The number of anilines is 1. The van der Waals surface area contributed by atoms with Gasteiger partial charge < -0.3 is 9.73 Å². The molecule has 3 aromatic rings. The summed E-state index contributed by atoms with van der Waals surface area (Å²) < 4.78 is 32.5. The Hall–Kier alpha value is -2.69. The fourth-order valence-electron chi connectivity index (χ4n) is 2.11. The van der Waals surface area contributed by atoms with Gasteiger partial charge >= 0.3 is 0 Å². The molecule has 1 aromatic heterocycles. The zero-order chi connectivity index (χ0) is 15.0. The molecular formula is C16H11F2NO2. The maximum atomic E-state index is 13.5. The summed E-state index contributed by atoms with van der Waals surface area (Å²) in [5.41, 5.74) is 0.972. The number of hydrogen-bond acceptors (Lipinski definition) is 2. The second-order valence-electron chi connectivity index (χ2n) is 4.65. The van der Waals surface area contributed by atoms with Gasteiger partial charge in [0.25, 0.3) is 5.91 Å². The van der Waals surface area contributed by atoms with Crippen LogP contribution in [0.1, 0.15) is 16.1 Å². The minimum Gasteiger partial charge on any atom is -0.451 e. The van der Waals surface area contributed by atoms with E-state index in [1.54, 1.807) is 6.07 Å². The number of amides is 1. The summed E-state index contributed by atoms with van der Waals surface area (Å²) in [5.74, 6) is -2.37. The lowest BCUT2D eigenvalue weighted by molar-refractivity contribution is 0.0997. The van der Waals surface area contributed by atoms with E-state index in [-0.39, 0.29) is 5.76 Å². The van der Waals surface area contributed by atoms with Crippen molar-refractivity contribution in [3.63, 3.8) is 0 Å². The van der Waals surface area contributed by atoms with Crippen molar-refractivity contribution >= 4 is 22.6 Å². The third-order valence-corrected chi connectivity index (χ3v) is 3.17. The molecule has 2 aromatic carbocycles. The highest BCUT2D eigenvalue weighted by molar-refractivity contribution is 6.04. The van der Waals surface area contributed by atoms with E-state index in [0.717, 1.165) is 23.1 Å². The average Bonchev–Trinajstić information content (AvgIpc) is 2.88. The van der Waals surface area contributed by atoms with Crippen molar-refractivity contribution in [1.82, 2.24) is 0 Å². The zero-order valence-corrected chi connectivity index (χ0v) is 11.1. The summed E-state index contributed by atoms with van der Waals surface area (Å²) in [4.78, 5) is 12.1. The van der Waals surface area contributed by atoms with Crippen LogP contribution in [0.15, 0.2) is 46.9 Å². The second kappa shape index (κ2) is 5.01. The molecule has 0 atom stereocenters. The van der Waals surface area contributed by atoms with E-state index < -0.39 is 23.2 Å². The molecule has 0 aliphatic rings. The zero-order valence-electron chi connectivity index (χ0n) is 11.1. The molecule has 1 heterocycles. The smallest absolute Gasteiger partial charge is 0.291 e. The van der Waals surface area contributed by atoms with Crippen LogP contribution in [-0.2, 0) is 0 Å². The molecule has 21 heavy (non-hydrogen) atoms. The van der Waals surface area contributed by atoms with E-state index in [1.165, 1.54) is 12.1 Å². The molecule has 0 saturated carbocycles. The molecule has 1 N–H and O–H groups in total. The lowest BCUT2D eigenvalue weighted by Gasteiger charge is -2.05. The van der Waals surface area contributed by atoms with Crippen molar-refractivity contribution in [3.8, 4) is 0 Å². The van der Waals surface area contributed by atoms with Crippen LogP contribution in [0.3, 0.4) is 0 Å². The Labute approximate surface area is 119 Å². The van der Waals surface area contributed by atoms with Gasteiger partial charge in [-0.15, -0.1) is 0 Å². The molecule has 106 valence electrons. The predicted molar refractivity (Wildman–Crippen MR) is 75.3 cm³/mol.